The van der Waals surface area contributed by atoms with Crippen LogP contribution in [0.5, 0.6) is 0 Å². The molecule has 0 amide bonds. The highest BCUT2D eigenvalue weighted by atomic mass is 16.5. The van der Waals surface area contributed by atoms with Gasteiger partial charge in [-0.2, -0.15) is 0 Å². The van der Waals surface area contributed by atoms with E-state index in [2.05, 4.69) is 42.3 Å². The summed E-state index contributed by atoms with van der Waals surface area (Å²) in [5, 5.41) is 3.42. The minimum absolute atomic E-state index is 0.767. The first-order valence-electron chi connectivity index (χ1n) is 8.28. The van der Waals surface area contributed by atoms with Gasteiger partial charge in [-0.1, -0.05) is 19.4 Å². The molecule has 1 aromatic rings. The molecule has 3 nitrogen and oxygen atoms in total. The van der Waals surface area contributed by atoms with E-state index in [0.29, 0.717) is 0 Å². The second-order valence-corrected chi connectivity index (χ2v) is 6.12. The maximum atomic E-state index is 5.06. The third kappa shape index (κ3) is 4.72. The van der Waals surface area contributed by atoms with Crippen molar-refractivity contribution in [3.05, 3.63) is 29.3 Å². The van der Waals surface area contributed by atoms with Crippen LogP contribution in [0.4, 0.5) is 5.69 Å². The summed E-state index contributed by atoms with van der Waals surface area (Å²) in [6.45, 7) is 9.55. The molecule has 1 fully saturated rings. The van der Waals surface area contributed by atoms with Gasteiger partial charge in [-0.15, -0.1) is 0 Å². The van der Waals surface area contributed by atoms with Gasteiger partial charge in [0.2, 0.25) is 0 Å². The second-order valence-electron chi connectivity index (χ2n) is 6.12. The van der Waals surface area contributed by atoms with Gasteiger partial charge < -0.3 is 15.0 Å². The van der Waals surface area contributed by atoms with Crippen LogP contribution in [0.1, 0.15) is 37.3 Å². The van der Waals surface area contributed by atoms with E-state index in [1.807, 2.05) is 0 Å². The van der Waals surface area contributed by atoms with Crippen LogP contribution in [-0.2, 0) is 11.3 Å². The fourth-order valence-corrected chi connectivity index (χ4v) is 3.07. The molecule has 1 N–H and O–H groups in total. The lowest BCUT2D eigenvalue weighted by atomic mass is 9.94. The molecule has 118 valence electrons. The standard InChI is InChI=1S/C18H30N2O/c1-4-16-7-10-20(11-8-16)18-6-5-17(15(2)13-18)14-19-9-12-21-3/h5-6,13,16,19H,4,7-12,14H2,1-3H3. The molecule has 0 atom stereocenters. The zero-order chi connectivity index (χ0) is 15.1. The van der Waals surface area contributed by atoms with E-state index in [0.717, 1.165) is 25.6 Å². The number of ether oxygens (including phenoxy) is 1. The lowest BCUT2D eigenvalue weighted by Gasteiger charge is -2.33. The predicted molar refractivity (Wildman–Crippen MR) is 90.0 cm³/mol. The summed E-state index contributed by atoms with van der Waals surface area (Å²) in [6.07, 6.45) is 4.02. The molecule has 0 saturated carbocycles. The SMILES string of the molecule is CCC1CCN(c2ccc(CNCCOC)c(C)c2)CC1. The van der Waals surface area contributed by atoms with Gasteiger partial charge in [0.25, 0.3) is 0 Å². The van der Waals surface area contributed by atoms with Gasteiger partial charge in [-0.05, 0) is 48.9 Å². The lowest BCUT2D eigenvalue weighted by molar-refractivity contribution is 0.199. The van der Waals surface area contributed by atoms with Crippen LogP contribution >= 0.6 is 0 Å². The van der Waals surface area contributed by atoms with Gasteiger partial charge in [0.1, 0.15) is 0 Å². The Morgan fingerprint density at radius 3 is 2.67 bits per heavy atom. The largest absolute Gasteiger partial charge is 0.383 e. The molecular weight excluding hydrogens is 260 g/mol. The number of piperidine rings is 1. The van der Waals surface area contributed by atoms with Crippen molar-refractivity contribution in [2.45, 2.75) is 39.7 Å². The van der Waals surface area contributed by atoms with E-state index in [4.69, 9.17) is 4.74 Å². The molecule has 21 heavy (non-hydrogen) atoms. The number of benzene rings is 1. The number of anilines is 1. The van der Waals surface area contributed by atoms with Crippen molar-refractivity contribution in [3.63, 3.8) is 0 Å². The molecular formula is C18H30N2O. The van der Waals surface area contributed by atoms with Crippen LogP contribution in [0.3, 0.4) is 0 Å². The summed E-state index contributed by atoms with van der Waals surface area (Å²) in [6, 6.07) is 6.91. The number of nitrogens with one attached hydrogen (secondary N) is 1. The van der Waals surface area contributed by atoms with E-state index < -0.39 is 0 Å². The van der Waals surface area contributed by atoms with E-state index in [9.17, 15) is 0 Å². The Kier molecular flexibility index (Phi) is 6.52. The van der Waals surface area contributed by atoms with Crippen LogP contribution in [0, 0.1) is 12.8 Å². The summed E-state index contributed by atoms with van der Waals surface area (Å²) >= 11 is 0. The molecule has 1 heterocycles. The smallest absolute Gasteiger partial charge is 0.0587 e. The molecule has 1 aliphatic heterocycles. The summed E-state index contributed by atoms with van der Waals surface area (Å²) in [4.78, 5) is 2.54. The molecule has 0 unspecified atom stereocenters. The van der Waals surface area contributed by atoms with Crippen LogP contribution in [0.25, 0.3) is 0 Å². The average Bonchev–Trinajstić information content (AvgIpc) is 2.53. The minimum Gasteiger partial charge on any atom is -0.383 e. The molecule has 0 bridgehead atoms. The third-order valence-electron chi connectivity index (χ3n) is 4.68. The Labute approximate surface area is 129 Å². The quantitative estimate of drug-likeness (QED) is 0.779. The van der Waals surface area contributed by atoms with Crippen LogP contribution in [-0.4, -0.2) is 33.4 Å². The molecule has 2 rings (SSSR count). The van der Waals surface area contributed by atoms with Crippen LogP contribution in [0.15, 0.2) is 18.2 Å². The number of rotatable bonds is 7. The first-order chi connectivity index (χ1) is 10.2. The first-order valence-corrected chi connectivity index (χ1v) is 8.28. The van der Waals surface area contributed by atoms with Gasteiger partial charge in [0.15, 0.2) is 0 Å². The number of hydrogen-bond acceptors (Lipinski definition) is 3. The summed E-state index contributed by atoms with van der Waals surface area (Å²) in [5.74, 6) is 0.937. The lowest BCUT2D eigenvalue weighted by Crippen LogP contribution is -2.33. The van der Waals surface area contributed by atoms with E-state index >= 15 is 0 Å². The van der Waals surface area contributed by atoms with Crippen molar-refractivity contribution in [2.75, 3.05) is 38.3 Å². The molecule has 0 radical (unpaired) electrons. The number of methoxy groups -OCH3 is 1. The van der Waals surface area contributed by atoms with Gasteiger partial charge in [-0.25, -0.2) is 0 Å². The van der Waals surface area contributed by atoms with Crippen molar-refractivity contribution < 1.29 is 4.74 Å². The fourth-order valence-electron chi connectivity index (χ4n) is 3.07. The Morgan fingerprint density at radius 2 is 2.05 bits per heavy atom. The highest BCUT2D eigenvalue weighted by molar-refractivity contribution is 5.51. The van der Waals surface area contributed by atoms with E-state index in [1.54, 1.807) is 7.11 Å². The first kappa shape index (κ1) is 16.3. The van der Waals surface area contributed by atoms with Crippen molar-refractivity contribution in [2.24, 2.45) is 5.92 Å². The van der Waals surface area contributed by atoms with Gasteiger partial charge in [0, 0.05) is 39.0 Å². The maximum absolute atomic E-state index is 5.06. The third-order valence-corrected chi connectivity index (χ3v) is 4.68. The van der Waals surface area contributed by atoms with Gasteiger partial charge in [0.05, 0.1) is 6.61 Å². The average molecular weight is 290 g/mol. The van der Waals surface area contributed by atoms with Crippen molar-refractivity contribution in [1.82, 2.24) is 5.32 Å². The summed E-state index contributed by atoms with van der Waals surface area (Å²) in [7, 11) is 1.74. The number of aryl methyl sites for hydroxylation is 1. The predicted octanol–water partition coefficient (Wildman–Crippen LogP) is 3.36. The van der Waals surface area contributed by atoms with Gasteiger partial charge in [-0.3, -0.25) is 0 Å². The minimum atomic E-state index is 0.767. The number of hydrogen-bond donors (Lipinski definition) is 1. The van der Waals surface area contributed by atoms with Crippen LogP contribution < -0.4 is 10.2 Å². The van der Waals surface area contributed by atoms with E-state index in [-0.39, 0.29) is 0 Å². The topological polar surface area (TPSA) is 24.5 Å². The Hall–Kier alpha value is -1.06. The maximum Gasteiger partial charge on any atom is 0.0587 e. The molecule has 3 heteroatoms. The van der Waals surface area contributed by atoms with Crippen molar-refractivity contribution >= 4 is 5.69 Å². The van der Waals surface area contributed by atoms with Crippen molar-refractivity contribution in [1.29, 1.82) is 0 Å². The molecule has 1 saturated heterocycles. The van der Waals surface area contributed by atoms with Gasteiger partial charge >= 0.3 is 0 Å². The normalized spacial score (nSPS) is 16.4. The molecule has 1 aliphatic rings. The summed E-state index contributed by atoms with van der Waals surface area (Å²) < 4.78 is 5.06. The van der Waals surface area contributed by atoms with E-state index in [1.165, 1.54) is 49.2 Å². The monoisotopic (exact) mass is 290 g/mol. The molecule has 1 aromatic carbocycles. The second kappa shape index (κ2) is 8.40. The molecule has 0 aliphatic carbocycles. The van der Waals surface area contributed by atoms with Crippen molar-refractivity contribution in [3.8, 4) is 0 Å². The number of nitrogens with zero attached hydrogens (tertiary/aromatic N) is 1. The van der Waals surface area contributed by atoms with Crippen LogP contribution in [0.2, 0.25) is 0 Å². The molecule has 0 aromatic heterocycles. The summed E-state index contributed by atoms with van der Waals surface area (Å²) in [5.41, 5.74) is 4.16. The Bertz CT molecular complexity index is 425. The zero-order valence-corrected chi connectivity index (χ0v) is 13.8. The fraction of sp³-hybridized carbons (Fsp3) is 0.667. The highest BCUT2D eigenvalue weighted by Crippen LogP contribution is 2.26. The Morgan fingerprint density at radius 1 is 1.29 bits per heavy atom. The molecule has 0 spiro atoms. The zero-order valence-electron chi connectivity index (χ0n) is 13.8. The highest BCUT2D eigenvalue weighted by Gasteiger charge is 2.18. The Balaban J connectivity index is 1.89.